The van der Waals surface area contributed by atoms with Gasteiger partial charge in [0, 0.05) is 23.7 Å². The fraction of sp³-hybridized carbons (Fsp3) is 0.667. The highest BCUT2D eigenvalue weighted by Crippen LogP contribution is 2.38. The van der Waals surface area contributed by atoms with Crippen LogP contribution in [0.3, 0.4) is 0 Å². The molecule has 0 radical (unpaired) electrons. The topological polar surface area (TPSA) is 21.7 Å². The fourth-order valence-electron chi connectivity index (χ4n) is 4.52. The predicted octanol–water partition coefficient (Wildman–Crippen LogP) is 3.85. The minimum Gasteiger partial charge on any atom is -0.467 e. The van der Waals surface area contributed by atoms with Crippen LogP contribution >= 0.6 is 0 Å². The minimum absolute atomic E-state index is 0.181. The Kier molecular flexibility index (Phi) is 4.05. The van der Waals surface area contributed by atoms with Crippen molar-refractivity contribution >= 4 is 0 Å². The van der Waals surface area contributed by atoms with Crippen molar-refractivity contribution in [3.63, 3.8) is 0 Å². The molecule has 1 saturated heterocycles. The third-order valence-electron chi connectivity index (χ3n) is 5.48. The molecule has 3 aliphatic rings. The number of ether oxygens (including phenoxy) is 2. The summed E-state index contributed by atoms with van der Waals surface area (Å²) >= 11 is 0. The van der Waals surface area contributed by atoms with Crippen molar-refractivity contribution in [3.8, 4) is 5.75 Å². The molecule has 120 valence electrons. The number of hydrogen-bond acceptors (Lipinski definition) is 3. The number of fused-ring (bicyclic) bond motifs is 2. The standard InChI is InChI=1S/C18H24FNO2/c19-16-8-14(18-15(9-16)11-21-12-22-18)10-20-7-3-5-13-4-1-2-6-17(13)20/h8-9,13,17H,1-7,10-12H2/t13-,17-/m1/s1. The molecular formula is C18H24FNO2. The van der Waals surface area contributed by atoms with Crippen LogP contribution in [0.15, 0.2) is 12.1 Å². The van der Waals surface area contributed by atoms with E-state index >= 15 is 0 Å². The second-order valence-electron chi connectivity index (χ2n) is 6.89. The first-order chi connectivity index (χ1) is 10.8. The van der Waals surface area contributed by atoms with Crippen LogP contribution in [0.2, 0.25) is 0 Å². The predicted molar refractivity (Wildman–Crippen MR) is 82.1 cm³/mol. The SMILES string of the molecule is Fc1cc2c(c(CN3CCC[C@H]4CCCC[C@H]43)c1)OCOC2. The van der Waals surface area contributed by atoms with Crippen LogP contribution in [0.4, 0.5) is 4.39 Å². The number of nitrogens with zero attached hydrogens (tertiary/aromatic N) is 1. The molecular weight excluding hydrogens is 281 g/mol. The molecule has 2 atom stereocenters. The number of halogens is 1. The number of benzene rings is 1. The van der Waals surface area contributed by atoms with Gasteiger partial charge in [0.1, 0.15) is 11.6 Å². The molecule has 1 aromatic rings. The molecule has 2 aliphatic heterocycles. The monoisotopic (exact) mass is 305 g/mol. The van der Waals surface area contributed by atoms with Crippen molar-refractivity contribution in [2.45, 2.75) is 57.7 Å². The quantitative estimate of drug-likeness (QED) is 0.828. The van der Waals surface area contributed by atoms with Gasteiger partial charge in [-0.3, -0.25) is 4.90 Å². The Morgan fingerprint density at radius 3 is 2.95 bits per heavy atom. The van der Waals surface area contributed by atoms with E-state index in [0.29, 0.717) is 12.6 Å². The van der Waals surface area contributed by atoms with Gasteiger partial charge in [0.15, 0.2) is 6.79 Å². The van der Waals surface area contributed by atoms with Crippen LogP contribution in [0, 0.1) is 11.7 Å². The summed E-state index contributed by atoms with van der Waals surface area (Å²) in [6, 6.07) is 3.87. The highest BCUT2D eigenvalue weighted by molar-refractivity contribution is 5.42. The number of likely N-dealkylation sites (tertiary alicyclic amines) is 1. The first-order valence-corrected chi connectivity index (χ1v) is 8.57. The van der Waals surface area contributed by atoms with Crippen LogP contribution in [-0.4, -0.2) is 24.3 Å². The summed E-state index contributed by atoms with van der Waals surface area (Å²) in [5, 5.41) is 0. The van der Waals surface area contributed by atoms with Gasteiger partial charge in [-0.1, -0.05) is 12.8 Å². The first-order valence-electron chi connectivity index (χ1n) is 8.57. The van der Waals surface area contributed by atoms with E-state index in [1.54, 1.807) is 6.07 Å². The van der Waals surface area contributed by atoms with Gasteiger partial charge in [0.25, 0.3) is 0 Å². The Bertz CT molecular complexity index is 546. The van der Waals surface area contributed by atoms with E-state index < -0.39 is 0 Å². The normalized spacial score (nSPS) is 28.6. The highest BCUT2D eigenvalue weighted by atomic mass is 19.1. The summed E-state index contributed by atoms with van der Waals surface area (Å²) < 4.78 is 24.9. The molecule has 0 amide bonds. The molecule has 1 saturated carbocycles. The van der Waals surface area contributed by atoms with Gasteiger partial charge in [-0.25, -0.2) is 4.39 Å². The molecule has 0 spiro atoms. The van der Waals surface area contributed by atoms with E-state index in [1.807, 2.05) is 0 Å². The molecule has 22 heavy (non-hydrogen) atoms. The Hall–Kier alpha value is -1.13. The summed E-state index contributed by atoms with van der Waals surface area (Å²) in [5.41, 5.74) is 1.84. The zero-order chi connectivity index (χ0) is 14.9. The molecule has 3 nitrogen and oxygen atoms in total. The Morgan fingerprint density at radius 2 is 2.00 bits per heavy atom. The van der Waals surface area contributed by atoms with E-state index in [0.717, 1.165) is 35.9 Å². The van der Waals surface area contributed by atoms with Crippen LogP contribution in [0.1, 0.15) is 49.7 Å². The molecule has 1 aliphatic carbocycles. The van der Waals surface area contributed by atoms with Crippen molar-refractivity contribution in [3.05, 3.63) is 29.1 Å². The van der Waals surface area contributed by atoms with Crippen molar-refractivity contribution in [2.24, 2.45) is 5.92 Å². The highest BCUT2D eigenvalue weighted by Gasteiger charge is 2.33. The maximum atomic E-state index is 13.9. The van der Waals surface area contributed by atoms with E-state index in [-0.39, 0.29) is 12.6 Å². The largest absolute Gasteiger partial charge is 0.467 e. The van der Waals surface area contributed by atoms with Crippen LogP contribution in [0.25, 0.3) is 0 Å². The molecule has 2 fully saturated rings. The Balaban J connectivity index is 1.58. The smallest absolute Gasteiger partial charge is 0.189 e. The van der Waals surface area contributed by atoms with Gasteiger partial charge >= 0.3 is 0 Å². The van der Waals surface area contributed by atoms with Gasteiger partial charge in [-0.05, 0) is 50.3 Å². The lowest BCUT2D eigenvalue weighted by Crippen LogP contribution is -2.46. The third-order valence-corrected chi connectivity index (χ3v) is 5.48. The van der Waals surface area contributed by atoms with Gasteiger partial charge in [-0.15, -0.1) is 0 Å². The average molecular weight is 305 g/mol. The van der Waals surface area contributed by atoms with E-state index in [2.05, 4.69) is 4.90 Å². The van der Waals surface area contributed by atoms with Gasteiger partial charge in [-0.2, -0.15) is 0 Å². The second-order valence-corrected chi connectivity index (χ2v) is 6.89. The number of piperidine rings is 1. The molecule has 4 rings (SSSR count). The van der Waals surface area contributed by atoms with Crippen molar-refractivity contribution in [1.82, 2.24) is 4.90 Å². The number of hydrogen-bond donors (Lipinski definition) is 0. The van der Waals surface area contributed by atoms with Crippen molar-refractivity contribution in [2.75, 3.05) is 13.3 Å². The van der Waals surface area contributed by atoms with E-state index in [1.165, 1.54) is 44.6 Å². The second kappa shape index (κ2) is 6.17. The molecule has 0 bridgehead atoms. The van der Waals surface area contributed by atoms with Crippen LogP contribution < -0.4 is 4.74 Å². The summed E-state index contributed by atoms with van der Waals surface area (Å²) in [6.45, 7) is 2.66. The molecule has 2 heterocycles. The summed E-state index contributed by atoms with van der Waals surface area (Å²) in [4.78, 5) is 2.57. The van der Waals surface area contributed by atoms with Gasteiger partial charge in [0.2, 0.25) is 0 Å². The zero-order valence-corrected chi connectivity index (χ0v) is 13.0. The third kappa shape index (κ3) is 2.74. The lowest BCUT2D eigenvalue weighted by atomic mass is 9.78. The molecule has 0 aromatic heterocycles. The molecule has 0 N–H and O–H groups in total. The summed E-state index contributed by atoms with van der Waals surface area (Å²) in [5.74, 6) is 1.52. The Morgan fingerprint density at radius 1 is 1.14 bits per heavy atom. The van der Waals surface area contributed by atoms with Crippen molar-refractivity contribution in [1.29, 1.82) is 0 Å². The molecule has 1 aromatic carbocycles. The van der Waals surface area contributed by atoms with Gasteiger partial charge < -0.3 is 9.47 Å². The first kappa shape index (κ1) is 14.5. The zero-order valence-electron chi connectivity index (χ0n) is 13.0. The van der Waals surface area contributed by atoms with E-state index in [9.17, 15) is 4.39 Å². The average Bonchev–Trinajstić information content (AvgIpc) is 2.55. The molecule has 0 unspecified atom stereocenters. The van der Waals surface area contributed by atoms with Crippen molar-refractivity contribution < 1.29 is 13.9 Å². The maximum Gasteiger partial charge on any atom is 0.189 e. The summed E-state index contributed by atoms with van der Waals surface area (Å²) in [6.07, 6.45) is 8.02. The fourth-order valence-corrected chi connectivity index (χ4v) is 4.52. The lowest BCUT2D eigenvalue weighted by molar-refractivity contribution is -0.0185. The minimum atomic E-state index is -0.181. The maximum absolute atomic E-state index is 13.9. The lowest BCUT2D eigenvalue weighted by Gasteiger charge is -2.44. The van der Waals surface area contributed by atoms with Gasteiger partial charge in [0.05, 0.1) is 6.61 Å². The Labute approximate surface area is 131 Å². The van der Waals surface area contributed by atoms with E-state index in [4.69, 9.17) is 9.47 Å². The van der Waals surface area contributed by atoms with Crippen LogP contribution in [-0.2, 0) is 17.9 Å². The summed E-state index contributed by atoms with van der Waals surface area (Å²) in [7, 11) is 0. The molecule has 4 heteroatoms. The van der Waals surface area contributed by atoms with Crippen LogP contribution in [0.5, 0.6) is 5.75 Å². The number of rotatable bonds is 2.